The lowest BCUT2D eigenvalue weighted by Gasteiger charge is -2.03. The first kappa shape index (κ1) is 14.7. The molecule has 0 saturated carbocycles. The van der Waals surface area contributed by atoms with Gasteiger partial charge in [0, 0.05) is 6.07 Å². The Balaban J connectivity index is 1.86. The molecule has 0 spiro atoms. The summed E-state index contributed by atoms with van der Waals surface area (Å²) in [7, 11) is 0. The second kappa shape index (κ2) is 6.29. The van der Waals surface area contributed by atoms with Crippen molar-refractivity contribution in [3.8, 4) is 0 Å². The molecule has 0 unspecified atom stereocenters. The van der Waals surface area contributed by atoms with Crippen molar-refractivity contribution in [2.24, 2.45) is 0 Å². The van der Waals surface area contributed by atoms with Crippen LogP contribution < -0.4 is 10.9 Å². The highest BCUT2D eigenvalue weighted by Gasteiger charge is 2.13. The van der Waals surface area contributed by atoms with E-state index in [1.165, 1.54) is 29.2 Å². The van der Waals surface area contributed by atoms with Gasteiger partial charge in [0.2, 0.25) is 0 Å². The smallest absolute Gasteiger partial charge is 0.276 e. The van der Waals surface area contributed by atoms with E-state index in [9.17, 15) is 9.59 Å². The molecular weight excluding hydrogens is 320 g/mol. The monoisotopic (exact) mass is 332 g/mol. The Morgan fingerprint density at radius 1 is 1.36 bits per heavy atom. The first-order chi connectivity index (χ1) is 10.7. The van der Waals surface area contributed by atoms with Crippen LogP contribution in [0.2, 0.25) is 0 Å². The zero-order valence-electron chi connectivity index (χ0n) is 11.6. The van der Waals surface area contributed by atoms with Gasteiger partial charge in [-0.1, -0.05) is 23.5 Å². The van der Waals surface area contributed by atoms with Gasteiger partial charge in [-0.2, -0.15) is 11.8 Å². The highest BCUT2D eigenvalue weighted by Crippen LogP contribution is 2.25. The summed E-state index contributed by atoms with van der Waals surface area (Å²) >= 11 is 2.89. The van der Waals surface area contributed by atoms with E-state index in [2.05, 4.69) is 20.3 Å². The third kappa shape index (κ3) is 3.18. The Hall–Kier alpha value is -2.19. The number of nitrogens with one attached hydrogen (secondary N) is 2. The topological polar surface area (TPSA) is 87.7 Å². The fourth-order valence-corrected chi connectivity index (χ4v) is 3.19. The van der Waals surface area contributed by atoms with Crippen LogP contribution in [0.15, 0.2) is 35.1 Å². The van der Waals surface area contributed by atoms with Gasteiger partial charge >= 0.3 is 0 Å². The lowest BCUT2D eigenvalue weighted by molar-refractivity contribution is 0.102. The summed E-state index contributed by atoms with van der Waals surface area (Å²) in [4.78, 5) is 34.9. The third-order valence-corrected chi connectivity index (χ3v) is 4.33. The number of fused-ring (bicyclic) bond motifs is 1. The van der Waals surface area contributed by atoms with Gasteiger partial charge in [-0.25, -0.2) is 9.97 Å². The van der Waals surface area contributed by atoms with Crippen LogP contribution in [0.4, 0.5) is 5.13 Å². The van der Waals surface area contributed by atoms with Crippen molar-refractivity contribution in [2.45, 2.75) is 5.75 Å². The average Bonchev–Trinajstić information content (AvgIpc) is 2.89. The summed E-state index contributed by atoms with van der Waals surface area (Å²) in [5, 5.41) is 3.18. The zero-order valence-corrected chi connectivity index (χ0v) is 13.3. The minimum Gasteiger partial charge on any atom is -0.310 e. The van der Waals surface area contributed by atoms with E-state index in [0.717, 1.165) is 10.2 Å². The average molecular weight is 332 g/mol. The summed E-state index contributed by atoms with van der Waals surface area (Å²) in [6, 6.07) is 8.81. The number of thiazole rings is 1. The number of carbonyl (C=O) groups is 1. The van der Waals surface area contributed by atoms with Crippen LogP contribution in [0.5, 0.6) is 0 Å². The summed E-state index contributed by atoms with van der Waals surface area (Å²) in [6.07, 6.45) is 1.90. The predicted molar refractivity (Wildman–Crippen MR) is 89.6 cm³/mol. The van der Waals surface area contributed by atoms with Crippen LogP contribution in [0.1, 0.15) is 16.3 Å². The molecule has 0 bridgehead atoms. The van der Waals surface area contributed by atoms with E-state index in [1.807, 2.05) is 30.5 Å². The molecule has 22 heavy (non-hydrogen) atoms. The maximum Gasteiger partial charge on any atom is 0.276 e. The number of H-pyrrole nitrogens is 1. The van der Waals surface area contributed by atoms with E-state index in [1.54, 1.807) is 0 Å². The number of rotatable bonds is 4. The molecule has 0 aliphatic heterocycles. The zero-order chi connectivity index (χ0) is 15.5. The van der Waals surface area contributed by atoms with E-state index in [-0.39, 0.29) is 11.3 Å². The maximum atomic E-state index is 12.2. The van der Waals surface area contributed by atoms with Crippen molar-refractivity contribution in [1.29, 1.82) is 0 Å². The van der Waals surface area contributed by atoms with Crippen molar-refractivity contribution in [2.75, 3.05) is 11.6 Å². The molecule has 1 amide bonds. The summed E-state index contributed by atoms with van der Waals surface area (Å²) < 4.78 is 0.986. The molecule has 0 atom stereocenters. The first-order valence-electron chi connectivity index (χ1n) is 6.42. The first-order valence-corrected chi connectivity index (χ1v) is 8.63. The molecule has 0 radical (unpaired) electrons. The summed E-state index contributed by atoms with van der Waals surface area (Å²) in [5.41, 5.74) is 0.574. The lowest BCUT2D eigenvalue weighted by Crippen LogP contribution is -2.20. The number of carbonyl (C=O) groups excluding carboxylic acids is 1. The molecule has 0 fully saturated rings. The number of aromatic nitrogens is 3. The van der Waals surface area contributed by atoms with Gasteiger partial charge in [-0.15, -0.1) is 0 Å². The van der Waals surface area contributed by atoms with Gasteiger partial charge in [-0.05, 0) is 18.4 Å². The van der Waals surface area contributed by atoms with Crippen LogP contribution in [0, 0.1) is 0 Å². The second-order valence-corrected chi connectivity index (χ2v) is 6.35. The third-order valence-electron chi connectivity index (χ3n) is 2.82. The summed E-state index contributed by atoms with van der Waals surface area (Å²) in [6.45, 7) is 0. The van der Waals surface area contributed by atoms with Crippen molar-refractivity contribution in [3.05, 3.63) is 52.2 Å². The van der Waals surface area contributed by atoms with Crippen LogP contribution in [0.25, 0.3) is 10.2 Å². The van der Waals surface area contributed by atoms with Crippen LogP contribution in [-0.2, 0) is 5.75 Å². The van der Waals surface area contributed by atoms with Gasteiger partial charge in [0.1, 0.15) is 11.5 Å². The van der Waals surface area contributed by atoms with Crippen molar-refractivity contribution >= 4 is 44.4 Å². The fourth-order valence-electron chi connectivity index (χ4n) is 1.92. The molecule has 6 nitrogen and oxygen atoms in total. The number of hydrogen-bond donors (Lipinski definition) is 2. The molecule has 3 aromatic rings. The molecule has 8 heteroatoms. The normalized spacial score (nSPS) is 10.8. The molecular formula is C14H12N4O2S2. The van der Waals surface area contributed by atoms with Gasteiger partial charge in [0.25, 0.3) is 11.5 Å². The molecule has 0 saturated heterocycles. The Kier molecular flexibility index (Phi) is 4.21. The van der Waals surface area contributed by atoms with Gasteiger partial charge in [0.05, 0.1) is 16.0 Å². The second-order valence-electron chi connectivity index (χ2n) is 4.45. The number of para-hydroxylation sites is 1. The number of aromatic amines is 1. The highest BCUT2D eigenvalue weighted by atomic mass is 32.2. The Bertz CT molecular complexity index is 855. The number of anilines is 1. The molecule has 0 aliphatic carbocycles. The van der Waals surface area contributed by atoms with E-state index < -0.39 is 5.91 Å². The minimum atomic E-state index is -0.437. The number of thioether (sulfide) groups is 1. The van der Waals surface area contributed by atoms with Crippen LogP contribution >= 0.6 is 23.1 Å². The van der Waals surface area contributed by atoms with Crippen molar-refractivity contribution < 1.29 is 4.79 Å². The van der Waals surface area contributed by atoms with E-state index >= 15 is 0 Å². The lowest BCUT2D eigenvalue weighted by atomic mass is 10.3. The van der Waals surface area contributed by atoms with Crippen LogP contribution in [-0.4, -0.2) is 27.1 Å². The molecule has 112 valence electrons. The fraction of sp³-hybridized carbons (Fsp3) is 0.143. The number of benzene rings is 1. The molecule has 0 aliphatic rings. The quantitative estimate of drug-likeness (QED) is 0.766. The maximum absolute atomic E-state index is 12.2. The number of hydrogen-bond acceptors (Lipinski definition) is 6. The van der Waals surface area contributed by atoms with Crippen LogP contribution in [0.3, 0.4) is 0 Å². The standard InChI is InChI=1S/C14H12N4O2S2/c1-21-7-11-15-9(6-12(19)17-11)13(20)18-14-16-8-4-2-3-5-10(8)22-14/h2-6H,7H2,1H3,(H,15,17,19)(H,16,18,20). The van der Waals surface area contributed by atoms with E-state index in [0.29, 0.717) is 16.7 Å². The van der Waals surface area contributed by atoms with Gasteiger partial charge in [0.15, 0.2) is 5.13 Å². The Morgan fingerprint density at radius 2 is 2.18 bits per heavy atom. The highest BCUT2D eigenvalue weighted by molar-refractivity contribution is 7.97. The molecule has 2 N–H and O–H groups in total. The Morgan fingerprint density at radius 3 is 2.95 bits per heavy atom. The van der Waals surface area contributed by atoms with Gasteiger partial charge in [-0.3, -0.25) is 14.9 Å². The molecule has 1 aromatic carbocycles. The van der Waals surface area contributed by atoms with Crippen molar-refractivity contribution in [3.63, 3.8) is 0 Å². The SMILES string of the molecule is CSCc1nc(C(=O)Nc2nc3ccccc3s2)cc(=O)[nH]1. The minimum absolute atomic E-state index is 0.0899. The number of nitrogens with zero attached hydrogens (tertiary/aromatic N) is 2. The summed E-state index contributed by atoms with van der Waals surface area (Å²) in [5.74, 6) is 0.583. The number of amides is 1. The molecule has 3 rings (SSSR count). The largest absolute Gasteiger partial charge is 0.310 e. The molecule has 2 heterocycles. The molecule has 2 aromatic heterocycles. The van der Waals surface area contributed by atoms with Crippen molar-refractivity contribution in [1.82, 2.24) is 15.0 Å². The predicted octanol–water partition coefficient (Wildman–Crippen LogP) is 2.49. The van der Waals surface area contributed by atoms with E-state index in [4.69, 9.17) is 0 Å². The Labute approximate surface area is 134 Å². The van der Waals surface area contributed by atoms with Gasteiger partial charge < -0.3 is 4.98 Å².